The molecule has 0 aliphatic rings. The van der Waals surface area contributed by atoms with Crippen molar-refractivity contribution in [3.05, 3.63) is 66.0 Å². The molecule has 0 saturated heterocycles. The maximum atomic E-state index is 6.62. The van der Waals surface area contributed by atoms with E-state index < -0.39 is 5.54 Å². The molecule has 3 rings (SSSR count). The van der Waals surface area contributed by atoms with Crippen molar-refractivity contribution in [1.82, 2.24) is 9.55 Å². The van der Waals surface area contributed by atoms with Crippen LogP contribution in [0.5, 0.6) is 0 Å². The van der Waals surface area contributed by atoms with Gasteiger partial charge in [-0.3, -0.25) is 0 Å². The highest BCUT2D eigenvalue weighted by atomic mass is 15.1. The zero-order valence-electron chi connectivity index (χ0n) is 11.9. The van der Waals surface area contributed by atoms with Crippen molar-refractivity contribution in [2.24, 2.45) is 5.73 Å². The third kappa shape index (κ3) is 1.91. The van der Waals surface area contributed by atoms with Crippen molar-refractivity contribution in [3.63, 3.8) is 0 Å². The fourth-order valence-electron chi connectivity index (χ4n) is 2.71. The van der Waals surface area contributed by atoms with Gasteiger partial charge in [0.1, 0.15) is 5.82 Å². The largest absolute Gasteiger partial charge is 0.326 e. The summed E-state index contributed by atoms with van der Waals surface area (Å²) in [7, 11) is 0. The van der Waals surface area contributed by atoms with E-state index in [-0.39, 0.29) is 0 Å². The summed E-state index contributed by atoms with van der Waals surface area (Å²) < 4.78 is 2.20. The quantitative estimate of drug-likeness (QED) is 0.789. The van der Waals surface area contributed by atoms with Crippen LogP contribution in [0.4, 0.5) is 0 Å². The van der Waals surface area contributed by atoms with Crippen LogP contribution >= 0.6 is 0 Å². The van der Waals surface area contributed by atoms with E-state index in [0.29, 0.717) is 0 Å². The van der Waals surface area contributed by atoms with Crippen LogP contribution in [-0.4, -0.2) is 9.55 Å². The molecule has 1 heterocycles. The van der Waals surface area contributed by atoms with Gasteiger partial charge in [-0.15, -0.1) is 0 Å². The molecule has 1 unspecified atom stereocenters. The first-order chi connectivity index (χ1) is 9.64. The molecule has 20 heavy (non-hydrogen) atoms. The normalized spacial score (nSPS) is 14.3. The van der Waals surface area contributed by atoms with E-state index in [0.717, 1.165) is 29.0 Å². The van der Waals surface area contributed by atoms with Gasteiger partial charge in [0.05, 0.1) is 16.6 Å². The van der Waals surface area contributed by atoms with Crippen LogP contribution in [-0.2, 0) is 12.1 Å². The van der Waals surface area contributed by atoms with Crippen LogP contribution in [0.15, 0.2) is 54.6 Å². The summed E-state index contributed by atoms with van der Waals surface area (Å²) in [4.78, 5) is 4.77. The first-order valence-electron chi connectivity index (χ1n) is 6.94. The molecule has 102 valence electrons. The molecular formula is C17H19N3. The number of para-hydroxylation sites is 2. The maximum absolute atomic E-state index is 6.62. The highest BCUT2D eigenvalue weighted by Crippen LogP contribution is 2.28. The first-order valence-corrected chi connectivity index (χ1v) is 6.94. The second-order valence-electron chi connectivity index (χ2n) is 5.24. The lowest BCUT2D eigenvalue weighted by Crippen LogP contribution is -2.37. The van der Waals surface area contributed by atoms with Crippen LogP contribution in [0.1, 0.15) is 25.2 Å². The molecule has 0 aliphatic carbocycles. The second kappa shape index (κ2) is 4.76. The lowest BCUT2D eigenvalue weighted by Gasteiger charge is -2.25. The summed E-state index contributed by atoms with van der Waals surface area (Å²) in [5.41, 5.74) is 9.22. The van der Waals surface area contributed by atoms with Gasteiger partial charge in [0.2, 0.25) is 0 Å². The molecule has 2 N–H and O–H groups in total. The Morgan fingerprint density at radius 1 is 1.05 bits per heavy atom. The average Bonchev–Trinajstić information content (AvgIpc) is 2.87. The van der Waals surface area contributed by atoms with Crippen molar-refractivity contribution >= 4 is 11.0 Å². The number of hydrogen-bond donors (Lipinski definition) is 1. The Morgan fingerprint density at radius 3 is 2.40 bits per heavy atom. The molecule has 0 saturated carbocycles. The Morgan fingerprint density at radius 2 is 1.70 bits per heavy atom. The van der Waals surface area contributed by atoms with Crippen LogP contribution in [0.3, 0.4) is 0 Å². The van der Waals surface area contributed by atoms with E-state index in [1.165, 1.54) is 0 Å². The van der Waals surface area contributed by atoms with Gasteiger partial charge < -0.3 is 10.3 Å². The number of aryl methyl sites for hydroxylation is 1. The molecule has 2 aromatic carbocycles. The second-order valence-corrected chi connectivity index (χ2v) is 5.24. The van der Waals surface area contributed by atoms with Gasteiger partial charge in [-0.1, -0.05) is 42.5 Å². The lowest BCUT2D eigenvalue weighted by molar-refractivity contribution is 0.522. The fourth-order valence-corrected chi connectivity index (χ4v) is 2.71. The minimum atomic E-state index is -0.601. The number of hydrogen-bond acceptors (Lipinski definition) is 2. The number of aromatic nitrogens is 2. The van der Waals surface area contributed by atoms with Crippen LogP contribution in [0.2, 0.25) is 0 Å². The summed E-state index contributed by atoms with van der Waals surface area (Å²) in [6.45, 7) is 5.00. The van der Waals surface area contributed by atoms with Crippen molar-refractivity contribution < 1.29 is 0 Å². The molecule has 0 radical (unpaired) electrons. The Labute approximate surface area is 119 Å². The zero-order chi connectivity index (χ0) is 14.2. The van der Waals surface area contributed by atoms with Gasteiger partial charge in [0, 0.05) is 6.54 Å². The summed E-state index contributed by atoms with van der Waals surface area (Å²) in [6, 6.07) is 18.3. The summed E-state index contributed by atoms with van der Waals surface area (Å²) in [6.07, 6.45) is 0. The maximum Gasteiger partial charge on any atom is 0.134 e. The van der Waals surface area contributed by atoms with Gasteiger partial charge in [-0.05, 0) is 31.5 Å². The Bertz CT molecular complexity index is 726. The van der Waals surface area contributed by atoms with Crippen LogP contribution < -0.4 is 5.73 Å². The predicted octanol–water partition coefficient (Wildman–Crippen LogP) is 3.28. The number of nitrogens with zero attached hydrogens (tertiary/aromatic N) is 2. The van der Waals surface area contributed by atoms with Crippen molar-refractivity contribution in [2.45, 2.75) is 25.9 Å². The molecule has 0 bridgehead atoms. The smallest absolute Gasteiger partial charge is 0.134 e. The number of benzene rings is 2. The molecule has 3 nitrogen and oxygen atoms in total. The monoisotopic (exact) mass is 265 g/mol. The molecule has 1 aromatic heterocycles. The van der Waals surface area contributed by atoms with Crippen molar-refractivity contribution in [3.8, 4) is 0 Å². The van der Waals surface area contributed by atoms with Crippen LogP contribution in [0, 0.1) is 0 Å². The van der Waals surface area contributed by atoms with E-state index >= 15 is 0 Å². The lowest BCUT2D eigenvalue weighted by atomic mass is 9.92. The minimum absolute atomic E-state index is 0.601. The van der Waals surface area contributed by atoms with E-state index in [9.17, 15) is 0 Å². The first kappa shape index (κ1) is 12.9. The third-order valence-corrected chi connectivity index (χ3v) is 3.81. The van der Waals surface area contributed by atoms with Gasteiger partial charge in [0.25, 0.3) is 0 Å². The zero-order valence-corrected chi connectivity index (χ0v) is 11.9. The van der Waals surface area contributed by atoms with Crippen molar-refractivity contribution in [2.75, 3.05) is 0 Å². The minimum Gasteiger partial charge on any atom is -0.326 e. The average molecular weight is 265 g/mol. The molecule has 1 atom stereocenters. The Balaban J connectivity index is 2.23. The summed E-state index contributed by atoms with van der Waals surface area (Å²) in [5, 5.41) is 0. The van der Waals surface area contributed by atoms with E-state index in [4.69, 9.17) is 10.7 Å². The Kier molecular flexibility index (Phi) is 3.07. The molecule has 0 amide bonds. The molecule has 0 fully saturated rings. The summed E-state index contributed by atoms with van der Waals surface area (Å²) >= 11 is 0. The van der Waals surface area contributed by atoms with Crippen molar-refractivity contribution in [1.29, 1.82) is 0 Å². The highest BCUT2D eigenvalue weighted by molar-refractivity contribution is 5.76. The van der Waals surface area contributed by atoms with Gasteiger partial charge >= 0.3 is 0 Å². The fraction of sp³-hybridized carbons (Fsp3) is 0.235. The molecule has 0 aliphatic heterocycles. The molecule has 3 heteroatoms. The SMILES string of the molecule is CCn1c(C(C)(N)c2ccccc2)nc2ccccc21. The molecule has 3 aromatic rings. The van der Waals surface area contributed by atoms with E-state index in [2.05, 4.69) is 29.7 Å². The van der Waals surface area contributed by atoms with Gasteiger partial charge in [-0.25, -0.2) is 4.98 Å². The third-order valence-electron chi connectivity index (χ3n) is 3.81. The summed E-state index contributed by atoms with van der Waals surface area (Å²) in [5.74, 6) is 0.910. The predicted molar refractivity (Wildman–Crippen MR) is 82.5 cm³/mol. The molecule has 0 spiro atoms. The Hall–Kier alpha value is -2.13. The highest BCUT2D eigenvalue weighted by Gasteiger charge is 2.29. The molecular weight excluding hydrogens is 246 g/mol. The van der Waals surface area contributed by atoms with Gasteiger partial charge in [-0.2, -0.15) is 0 Å². The topological polar surface area (TPSA) is 43.8 Å². The van der Waals surface area contributed by atoms with Crippen LogP contribution in [0.25, 0.3) is 11.0 Å². The van der Waals surface area contributed by atoms with E-state index in [1.54, 1.807) is 0 Å². The van der Waals surface area contributed by atoms with Gasteiger partial charge in [0.15, 0.2) is 0 Å². The number of rotatable bonds is 3. The number of imidazole rings is 1. The van der Waals surface area contributed by atoms with E-state index in [1.807, 2.05) is 43.3 Å². The number of fused-ring (bicyclic) bond motifs is 1. The number of nitrogens with two attached hydrogens (primary N) is 1. The standard InChI is InChI=1S/C17H19N3/c1-3-20-15-12-8-7-11-14(15)19-16(20)17(2,18)13-9-5-4-6-10-13/h4-12H,3,18H2,1-2H3.